The molecule has 0 unspecified atom stereocenters. The van der Waals surface area contributed by atoms with Gasteiger partial charge in [0.15, 0.2) is 0 Å². The van der Waals surface area contributed by atoms with Crippen molar-refractivity contribution in [1.29, 1.82) is 0 Å². The molecule has 8 heteroatoms. The van der Waals surface area contributed by atoms with Crippen molar-refractivity contribution in [2.75, 3.05) is 14.2 Å². The number of ether oxygens (including phenoxy) is 1. The molecule has 0 aliphatic rings. The summed E-state index contributed by atoms with van der Waals surface area (Å²) in [5, 5.41) is 5.29. The Morgan fingerprint density at radius 1 is 1.00 bits per heavy atom. The van der Waals surface area contributed by atoms with E-state index in [2.05, 4.69) is 14.9 Å². The van der Waals surface area contributed by atoms with E-state index in [4.69, 9.17) is 9.84 Å². The number of methoxy groups -OCH3 is 1. The molecular weight excluding hydrogens is 454 g/mol. The van der Waals surface area contributed by atoms with Crippen LogP contribution < -0.4 is 5.56 Å². The maximum Gasteiger partial charge on any atom is 0.337 e. The summed E-state index contributed by atoms with van der Waals surface area (Å²) >= 11 is 0. The fourth-order valence-corrected chi connectivity index (χ4v) is 4.19. The molecule has 0 amide bonds. The molecule has 36 heavy (non-hydrogen) atoms. The van der Waals surface area contributed by atoms with E-state index in [1.807, 2.05) is 78.6 Å². The van der Waals surface area contributed by atoms with Crippen molar-refractivity contribution in [3.8, 4) is 16.9 Å². The summed E-state index contributed by atoms with van der Waals surface area (Å²) in [6.45, 7) is 0.986. The Balaban J connectivity index is 1.44. The van der Waals surface area contributed by atoms with Gasteiger partial charge in [0, 0.05) is 23.9 Å². The zero-order valence-electron chi connectivity index (χ0n) is 20.0. The molecule has 0 atom stereocenters. The van der Waals surface area contributed by atoms with E-state index in [1.54, 1.807) is 18.2 Å². The van der Waals surface area contributed by atoms with Gasteiger partial charge >= 0.3 is 5.97 Å². The second-order valence-electron chi connectivity index (χ2n) is 8.56. The zero-order chi connectivity index (χ0) is 25.1. The molecule has 2 heterocycles. The van der Waals surface area contributed by atoms with Crippen LogP contribution in [-0.2, 0) is 17.8 Å². The van der Waals surface area contributed by atoms with Gasteiger partial charge in [-0.2, -0.15) is 5.10 Å². The molecule has 1 N–H and O–H groups in total. The predicted octanol–water partition coefficient (Wildman–Crippen LogP) is 4.19. The number of carbonyl (C=O) groups is 1. The number of hydrogen-bond acceptors (Lipinski definition) is 6. The molecule has 180 valence electrons. The Morgan fingerprint density at radius 2 is 1.72 bits per heavy atom. The topological polar surface area (TPSA) is 93.1 Å². The van der Waals surface area contributed by atoms with Gasteiger partial charge in [-0.25, -0.2) is 14.5 Å². The molecule has 0 fully saturated rings. The van der Waals surface area contributed by atoms with E-state index in [-0.39, 0.29) is 5.56 Å². The number of aromatic nitrogens is 4. The highest BCUT2D eigenvalue weighted by Crippen LogP contribution is 2.25. The van der Waals surface area contributed by atoms with Crippen LogP contribution in [-0.4, -0.2) is 44.8 Å². The third-order valence-corrected chi connectivity index (χ3v) is 5.89. The number of benzene rings is 3. The van der Waals surface area contributed by atoms with Crippen molar-refractivity contribution in [2.45, 2.75) is 13.1 Å². The third-order valence-electron chi connectivity index (χ3n) is 5.89. The second kappa shape index (κ2) is 9.97. The first-order valence-electron chi connectivity index (χ1n) is 11.5. The first kappa shape index (κ1) is 23.2. The van der Waals surface area contributed by atoms with Gasteiger partial charge in [0.1, 0.15) is 5.82 Å². The normalized spacial score (nSPS) is 11.2. The van der Waals surface area contributed by atoms with Crippen LogP contribution in [0.1, 0.15) is 21.7 Å². The van der Waals surface area contributed by atoms with Crippen molar-refractivity contribution in [3.05, 3.63) is 112 Å². The van der Waals surface area contributed by atoms with E-state index in [0.717, 1.165) is 22.5 Å². The van der Waals surface area contributed by atoms with Gasteiger partial charge in [-0.05, 0) is 37.4 Å². The number of para-hydroxylation sites is 1. The predicted molar refractivity (Wildman–Crippen MR) is 138 cm³/mol. The molecule has 0 radical (unpaired) electrons. The lowest BCUT2D eigenvalue weighted by Crippen LogP contribution is -2.22. The molecule has 0 aliphatic carbocycles. The van der Waals surface area contributed by atoms with Crippen LogP contribution in [0.25, 0.3) is 27.8 Å². The minimum absolute atomic E-state index is 0.248. The molecule has 8 nitrogen and oxygen atoms in total. The number of fused-ring (bicyclic) bond motifs is 1. The number of H-pyrrole nitrogens is 1. The van der Waals surface area contributed by atoms with Crippen LogP contribution in [0.4, 0.5) is 0 Å². The van der Waals surface area contributed by atoms with E-state index < -0.39 is 5.97 Å². The fraction of sp³-hybridized carbons (Fsp3) is 0.143. The van der Waals surface area contributed by atoms with Crippen LogP contribution in [0.15, 0.2) is 89.9 Å². The van der Waals surface area contributed by atoms with Crippen molar-refractivity contribution >= 4 is 16.9 Å². The lowest BCUT2D eigenvalue weighted by molar-refractivity contribution is 0.0601. The molecule has 0 saturated carbocycles. The number of esters is 1. The van der Waals surface area contributed by atoms with Crippen LogP contribution in [0.2, 0.25) is 0 Å². The minimum Gasteiger partial charge on any atom is -0.465 e. The van der Waals surface area contributed by atoms with Gasteiger partial charge in [0.25, 0.3) is 5.56 Å². The first-order valence-corrected chi connectivity index (χ1v) is 11.5. The van der Waals surface area contributed by atoms with Crippen LogP contribution in [0.5, 0.6) is 0 Å². The molecule has 0 spiro atoms. The van der Waals surface area contributed by atoms with Crippen LogP contribution in [0.3, 0.4) is 0 Å². The summed E-state index contributed by atoms with van der Waals surface area (Å²) in [5.41, 5.74) is 4.50. The van der Waals surface area contributed by atoms with Crippen LogP contribution in [0, 0.1) is 0 Å². The summed E-state index contributed by atoms with van der Waals surface area (Å²) < 4.78 is 6.67. The highest BCUT2D eigenvalue weighted by molar-refractivity contribution is 5.93. The van der Waals surface area contributed by atoms with E-state index in [9.17, 15) is 9.59 Å². The standard InChI is InChI=1S/C28H25N5O3/c1-32(18-25-29-24-15-20(28(35)36-2)13-14-23(24)27(34)30-25)16-21-17-33(22-11-7-4-8-12-22)31-26(21)19-9-5-3-6-10-19/h3-15,17H,16,18H2,1-2H3,(H,29,30,34). The fourth-order valence-electron chi connectivity index (χ4n) is 4.19. The molecule has 0 bridgehead atoms. The Labute approximate surface area is 207 Å². The maximum absolute atomic E-state index is 12.6. The third kappa shape index (κ3) is 4.80. The van der Waals surface area contributed by atoms with Crippen molar-refractivity contribution in [2.24, 2.45) is 0 Å². The Kier molecular flexibility index (Phi) is 6.42. The largest absolute Gasteiger partial charge is 0.465 e. The summed E-state index contributed by atoms with van der Waals surface area (Å²) in [5.74, 6) is 0.0373. The van der Waals surface area contributed by atoms with Crippen molar-refractivity contribution in [1.82, 2.24) is 24.6 Å². The van der Waals surface area contributed by atoms with Gasteiger partial charge in [-0.3, -0.25) is 9.69 Å². The molecule has 0 saturated heterocycles. The van der Waals surface area contributed by atoms with Gasteiger partial charge < -0.3 is 9.72 Å². The molecular formula is C28H25N5O3. The number of nitrogens with one attached hydrogen (secondary N) is 1. The monoisotopic (exact) mass is 479 g/mol. The Hall–Kier alpha value is -4.56. The Bertz CT molecular complexity index is 1580. The smallest absolute Gasteiger partial charge is 0.337 e. The van der Waals surface area contributed by atoms with E-state index >= 15 is 0 Å². The molecule has 5 rings (SSSR count). The SMILES string of the molecule is COC(=O)c1ccc2c(=O)[nH]c(CN(C)Cc3cn(-c4ccccc4)nc3-c3ccccc3)nc2c1. The van der Waals surface area contributed by atoms with Crippen LogP contribution >= 0.6 is 0 Å². The van der Waals surface area contributed by atoms with Gasteiger partial charge in [0.2, 0.25) is 0 Å². The highest BCUT2D eigenvalue weighted by Gasteiger charge is 2.16. The van der Waals surface area contributed by atoms with E-state index in [1.165, 1.54) is 7.11 Å². The average molecular weight is 480 g/mol. The molecule has 5 aromatic rings. The average Bonchev–Trinajstić information content (AvgIpc) is 3.32. The summed E-state index contributed by atoms with van der Waals surface area (Å²) in [4.78, 5) is 34.1. The number of aromatic amines is 1. The number of carbonyl (C=O) groups excluding carboxylic acids is 1. The first-order chi connectivity index (χ1) is 17.5. The highest BCUT2D eigenvalue weighted by atomic mass is 16.5. The number of hydrogen-bond donors (Lipinski definition) is 1. The van der Waals surface area contributed by atoms with Gasteiger partial charge in [-0.15, -0.1) is 0 Å². The summed E-state index contributed by atoms with van der Waals surface area (Å²) in [7, 11) is 3.28. The zero-order valence-corrected chi connectivity index (χ0v) is 20.0. The Morgan fingerprint density at radius 3 is 2.44 bits per heavy atom. The number of nitrogens with zero attached hydrogens (tertiary/aromatic N) is 4. The van der Waals surface area contributed by atoms with Gasteiger partial charge in [0.05, 0.1) is 41.5 Å². The maximum atomic E-state index is 12.6. The minimum atomic E-state index is -0.471. The quantitative estimate of drug-likeness (QED) is 0.352. The molecule has 0 aliphatic heterocycles. The molecule has 3 aromatic carbocycles. The number of rotatable bonds is 7. The van der Waals surface area contributed by atoms with Gasteiger partial charge in [-0.1, -0.05) is 48.5 Å². The van der Waals surface area contributed by atoms with Crippen molar-refractivity contribution < 1.29 is 9.53 Å². The van der Waals surface area contributed by atoms with Crippen molar-refractivity contribution in [3.63, 3.8) is 0 Å². The summed E-state index contributed by atoms with van der Waals surface area (Å²) in [6.07, 6.45) is 2.04. The van der Waals surface area contributed by atoms with E-state index in [0.29, 0.717) is 35.4 Å². The summed E-state index contributed by atoms with van der Waals surface area (Å²) in [6, 6.07) is 24.8. The lowest BCUT2D eigenvalue weighted by atomic mass is 10.1. The molecule has 2 aromatic heterocycles. The second-order valence-corrected chi connectivity index (χ2v) is 8.56. The lowest BCUT2D eigenvalue weighted by Gasteiger charge is -2.16.